The van der Waals surface area contributed by atoms with Crippen molar-refractivity contribution in [3.8, 4) is 0 Å². The van der Waals surface area contributed by atoms with Crippen LogP contribution in [0.1, 0.15) is 12.0 Å². The van der Waals surface area contributed by atoms with Gasteiger partial charge in [-0.05, 0) is 37.3 Å². The smallest absolute Gasteiger partial charge is 0.229 e. The van der Waals surface area contributed by atoms with Crippen molar-refractivity contribution in [1.82, 2.24) is 0 Å². The molecule has 2 aliphatic rings. The number of morpholine rings is 1. The van der Waals surface area contributed by atoms with Crippen LogP contribution < -0.4 is 15.1 Å². The number of anilines is 3. The Bertz CT molecular complexity index is 860. The molecule has 2 fully saturated rings. The molecular formula is C22H25N3O3. The molecule has 6 nitrogen and oxygen atoms in total. The van der Waals surface area contributed by atoms with Crippen molar-refractivity contribution in [2.75, 3.05) is 48.0 Å². The standard InChI is InChI=1S/C22H25N3O3/c1-16-5-7-19(8-6-16)25-15-17(13-21(25)26)22(27)23-18-3-2-4-20(14-18)24-9-11-28-12-10-24/h2-8,14,17H,9-13,15H2,1H3,(H,23,27). The number of rotatable bonds is 4. The maximum Gasteiger partial charge on any atom is 0.229 e. The number of aryl methyl sites for hydroxylation is 1. The first kappa shape index (κ1) is 18.5. The van der Waals surface area contributed by atoms with Gasteiger partial charge >= 0.3 is 0 Å². The summed E-state index contributed by atoms with van der Waals surface area (Å²) < 4.78 is 5.40. The fraction of sp³-hybridized carbons (Fsp3) is 0.364. The van der Waals surface area contributed by atoms with Gasteiger partial charge in [-0.25, -0.2) is 0 Å². The summed E-state index contributed by atoms with van der Waals surface area (Å²) in [5.74, 6) is -0.464. The number of hydrogen-bond acceptors (Lipinski definition) is 4. The highest BCUT2D eigenvalue weighted by Gasteiger charge is 2.35. The van der Waals surface area contributed by atoms with Crippen LogP contribution in [0, 0.1) is 12.8 Å². The van der Waals surface area contributed by atoms with Crippen molar-refractivity contribution in [3.05, 3.63) is 54.1 Å². The van der Waals surface area contributed by atoms with Crippen molar-refractivity contribution in [3.63, 3.8) is 0 Å². The number of benzene rings is 2. The van der Waals surface area contributed by atoms with Crippen molar-refractivity contribution in [2.45, 2.75) is 13.3 Å². The van der Waals surface area contributed by atoms with Gasteiger partial charge in [-0.1, -0.05) is 23.8 Å². The predicted octanol–water partition coefficient (Wildman–Crippen LogP) is 2.82. The summed E-state index contributed by atoms with van der Waals surface area (Å²) in [6.07, 6.45) is 0.239. The molecule has 6 heteroatoms. The molecule has 28 heavy (non-hydrogen) atoms. The second-order valence-corrected chi connectivity index (χ2v) is 7.38. The predicted molar refractivity (Wildman–Crippen MR) is 110 cm³/mol. The topological polar surface area (TPSA) is 61.9 Å². The molecule has 1 N–H and O–H groups in total. The SMILES string of the molecule is Cc1ccc(N2CC(C(=O)Nc3cccc(N4CCOCC4)c3)CC2=O)cc1. The van der Waals surface area contributed by atoms with E-state index in [1.54, 1.807) is 4.90 Å². The minimum absolute atomic E-state index is 0.00827. The van der Waals surface area contributed by atoms with Gasteiger partial charge in [0.1, 0.15) is 0 Å². The summed E-state index contributed by atoms with van der Waals surface area (Å²) in [5, 5.41) is 2.99. The van der Waals surface area contributed by atoms with Crippen LogP contribution in [0.25, 0.3) is 0 Å². The van der Waals surface area contributed by atoms with E-state index in [9.17, 15) is 9.59 Å². The van der Waals surface area contributed by atoms with E-state index >= 15 is 0 Å². The molecule has 2 aliphatic heterocycles. The van der Waals surface area contributed by atoms with Crippen molar-refractivity contribution in [1.29, 1.82) is 0 Å². The zero-order chi connectivity index (χ0) is 19.5. The average Bonchev–Trinajstić information content (AvgIpc) is 3.11. The van der Waals surface area contributed by atoms with E-state index in [2.05, 4.69) is 10.2 Å². The number of hydrogen-bond donors (Lipinski definition) is 1. The monoisotopic (exact) mass is 379 g/mol. The van der Waals surface area contributed by atoms with Gasteiger partial charge in [-0.2, -0.15) is 0 Å². The number of nitrogens with one attached hydrogen (secondary N) is 1. The lowest BCUT2D eigenvalue weighted by Gasteiger charge is -2.29. The van der Waals surface area contributed by atoms with Crippen LogP contribution in [0.3, 0.4) is 0 Å². The van der Waals surface area contributed by atoms with Crippen LogP contribution in [-0.4, -0.2) is 44.7 Å². The maximum absolute atomic E-state index is 12.8. The molecule has 0 aliphatic carbocycles. The molecule has 1 atom stereocenters. The molecular weight excluding hydrogens is 354 g/mol. The van der Waals surface area contributed by atoms with Gasteiger partial charge in [0, 0.05) is 43.1 Å². The number of carbonyl (C=O) groups is 2. The second kappa shape index (κ2) is 8.02. The van der Waals surface area contributed by atoms with E-state index in [0.29, 0.717) is 6.54 Å². The Labute approximate surface area is 165 Å². The van der Waals surface area contributed by atoms with Crippen LogP contribution in [-0.2, 0) is 14.3 Å². The quantitative estimate of drug-likeness (QED) is 0.887. The number of ether oxygens (including phenoxy) is 1. The lowest BCUT2D eigenvalue weighted by atomic mass is 10.1. The van der Waals surface area contributed by atoms with Crippen molar-refractivity contribution in [2.24, 2.45) is 5.92 Å². The summed E-state index contributed by atoms with van der Waals surface area (Å²) in [5.41, 5.74) is 3.82. The first-order valence-corrected chi connectivity index (χ1v) is 9.71. The highest BCUT2D eigenvalue weighted by atomic mass is 16.5. The van der Waals surface area contributed by atoms with Crippen molar-refractivity contribution < 1.29 is 14.3 Å². The van der Waals surface area contributed by atoms with Crippen LogP contribution in [0.15, 0.2) is 48.5 Å². The fourth-order valence-electron chi connectivity index (χ4n) is 3.70. The summed E-state index contributed by atoms with van der Waals surface area (Å²) >= 11 is 0. The van der Waals surface area contributed by atoms with Gasteiger partial charge in [0.05, 0.1) is 19.1 Å². The Hall–Kier alpha value is -2.86. The van der Waals surface area contributed by atoms with Crippen LogP contribution in [0.2, 0.25) is 0 Å². The number of amides is 2. The zero-order valence-corrected chi connectivity index (χ0v) is 16.1. The number of nitrogens with zero attached hydrogens (tertiary/aromatic N) is 2. The second-order valence-electron chi connectivity index (χ2n) is 7.38. The van der Waals surface area contributed by atoms with E-state index in [1.807, 2.05) is 55.5 Å². The molecule has 146 valence electrons. The minimum Gasteiger partial charge on any atom is -0.378 e. The molecule has 1 unspecified atom stereocenters. The van der Waals surface area contributed by atoms with Gasteiger partial charge in [-0.3, -0.25) is 9.59 Å². The Kier molecular flexibility index (Phi) is 5.30. The molecule has 0 bridgehead atoms. The first-order valence-electron chi connectivity index (χ1n) is 9.71. The Morgan fingerprint density at radius 2 is 1.82 bits per heavy atom. The van der Waals surface area contributed by atoms with E-state index in [-0.39, 0.29) is 24.2 Å². The molecule has 0 saturated carbocycles. The normalized spacial score (nSPS) is 19.8. The molecule has 0 radical (unpaired) electrons. The van der Waals surface area contributed by atoms with E-state index in [0.717, 1.165) is 48.9 Å². The lowest BCUT2D eigenvalue weighted by molar-refractivity contribution is -0.122. The van der Waals surface area contributed by atoms with Crippen LogP contribution >= 0.6 is 0 Å². The van der Waals surface area contributed by atoms with Gasteiger partial charge < -0.3 is 19.9 Å². The van der Waals surface area contributed by atoms with Gasteiger partial charge in [0.15, 0.2) is 0 Å². The van der Waals surface area contributed by atoms with Crippen LogP contribution in [0.5, 0.6) is 0 Å². The van der Waals surface area contributed by atoms with Crippen molar-refractivity contribution >= 4 is 28.9 Å². The van der Waals surface area contributed by atoms with Gasteiger partial charge in [0.2, 0.25) is 11.8 Å². The van der Waals surface area contributed by atoms with Gasteiger partial charge in [-0.15, -0.1) is 0 Å². The zero-order valence-electron chi connectivity index (χ0n) is 16.1. The lowest BCUT2D eigenvalue weighted by Crippen LogP contribution is -2.36. The summed E-state index contributed by atoms with van der Waals surface area (Å²) in [4.78, 5) is 29.1. The largest absolute Gasteiger partial charge is 0.378 e. The average molecular weight is 379 g/mol. The molecule has 2 aromatic carbocycles. The molecule has 2 aromatic rings. The molecule has 4 rings (SSSR count). The highest BCUT2D eigenvalue weighted by Crippen LogP contribution is 2.27. The van der Waals surface area contributed by atoms with Crippen LogP contribution in [0.4, 0.5) is 17.1 Å². The fourth-order valence-corrected chi connectivity index (χ4v) is 3.70. The maximum atomic E-state index is 12.8. The Balaban J connectivity index is 1.41. The molecule has 2 saturated heterocycles. The van der Waals surface area contributed by atoms with Gasteiger partial charge in [0.25, 0.3) is 0 Å². The molecule has 2 amide bonds. The highest BCUT2D eigenvalue weighted by molar-refractivity contribution is 6.03. The Morgan fingerprint density at radius 1 is 1.07 bits per heavy atom. The molecule has 0 spiro atoms. The van der Waals surface area contributed by atoms with E-state index < -0.39 is 0 Å². The first-order chi connectivity index (χ1) is 13.6. The number of carbonyl (C=O) groups excluding carboxylic acids is 2. The summed E-state index contributed by atoms with van der Waals surface area (Å²) in [6.45, 7) is 5.55. The Morgan fingerprint density at radius 3 is 2.57 bits per heavy atom. The van der Waals surface area contributed by atoms with E-state index in [1.165, 1.54) is 0 Å². The van der Waals surface area contributed by atoms with E-state index in [4.69, 9.17) is 4.74 Å². The summed E-state index contributed by atoms with van der Waals surface area (Å²) in [7, 11) is 0. The summed E-state index contributed by atoms with van der Waals surface area (Å²) in [6, 6.07) is 15.7. The minimum atomic E-state index is -0.346. The molecule has 2 heterocycles. The third-order valence-electron chi connectivity index (χ3n) is 5.33. The third-order valence-corrected chi connectivity index (χ3v) is 5.33. The third kappa shape index (κ3) is 4.02. The molecule has 0 aromatic heterocycles.